The standard InChI is InChI=1S/C29H41F3N6O4/c1-20(2)19-37(24-15-21(17-33-18-24)27(39)36-10-13-42-14-11-36)28(40)26-25(9-4-5-12-41-3)38(35-34-26)23-8-6-7-22(16-23)29(30,31)32/h6-8,16,20-21,24,33H,4-5,9-15,17-19H2,1-3H3/t21-,24+/m1/s1. The molecule has 0 aliphatic carbocycles. The number of hydrogen-bond acceptors (Lipinski definition) is 7. The summed E-state index contributed by atoms with van der Waals surface area (Å²) in [6, 6.07) is 4.60. The molecule has 2 fully saturated rings. The molecular formula is C29H41F3N6O4. The summed E-state index contributed by atoms with van der Waals surface area (Å²) in [4.78, 5) is 31.1. The van der Waals surface area contributed by atoms with Gasteiger partial charge in [-0.05, 0) is 49.8 Å². The summed E-state index contributed by atoms with van der Waals surface area (Å²) >= 11 is 0. The molecule has 2 saturated heterocycles. The topological polar surface area (TPSA) is 102 Å². The fourth-order valence-electron chi connectivity index (χ4n) is 5.57. The second-order valence-electron chi connectivity index (χ2n) is 11.3. The maximum Gasteiger partial charge on any atom is 0.416 e. The summed E-state index contributed by atoms with van der Waals surface area (Å²) in [6.45, 7) is 8.17. The Morgan fingerprint density at radius 3 is 2.64 bits per heavy atom. The normalized spacial score (nSPS) is 19.7. The second-order valence-corrected chi connectivity index (χ2v) is 11.3. The van der Waals surface area contributed by atoms with E-state index in [1.54, 1.807) is 12.0 Å². The summed E-state index contributed by atoms with van der Waals surface area (Å²) in [7, 11) is 1.60. The van der Waals surface area contributed by atoms with E-state index in [9.17, 15) is 22.8 Å². The average molecular weight is 595 g/mol. The highest BCUT2D eigenvalue weighted by Crippen LogP contribution is 2.31. The molecule has 0 bridgehead atoms. The smallest absolute Gasteiger partial charge is 0.385 e. The van der Waals surface area contributed by atoms with Gasteiger partial charge in [0.1, 0.15) is 0 Å². The maximum atomic E-state index is 14.2. The first-order valence-electron chi connectivity index (χ1n) is 14.6. The molecule has 0 spiro atoms. The zero-order valence-electron chi connectivity index (χ0n) is 24.5. The number of ether oxygens (including phenoxy) is 2. The molecule has 2 aliphatic heterocycles. The molecule has 10 nitrogen and oxygen atoms in total. The lowest BCUT2D eigenvalue weighted by Crippen LogP contribution is -2.56. The number of rotatable bonds is 11. The van der Waals surface area contributed by atoms with E-state index in [-0.39, 0.29) is 41.1 Å². The minimum absolute atomic E-state index is 0.0572. The van der Waals surface area contributed by atoms with Crippen LogP contribution in [-0.2, 0) is 26.9 Å². The fraction of sp³-hybridized carbons (Fsp3) is 0.655. The van der Waals surface area contributed by atoms with Crippen molar-refractivity contribution in [1.82, 2.24) is 30.1 Å². The molecule has 1 N–H and O–H groups in total. The van der Waals surface area contributed by atoms with Gasteiger partial charge in [-0.15, -0.1) is 5.10 Å². The fourth-order valence-corrected chi connectivity index (χ4v) is 5.57. The van der Waals surface area contributed by atoms with Crippen LogP contribution < -0.4 is 5.32 Å². The molecule has 13 heteroatoms. The van der Waals surface area contributed by atoms with Crippen LogP contribution in [0, 0.1) is 11.8 Å². The molecule has 1 aromatic carbocycles. The molecule has 2 amide bonds. The van der Waals surface area contributed by atoms with Crippen LogP contribution in [0.15, 0.2) is 24.3 Å². The third-order valence-corrected chi connectivity index (χ3v) is 7.66. The van der Waals surface area contributed by atoms with E-state index in [1.807, 2.05) is 18.7 Å². The van der Waals surface area contributed by atoms with Gasteiger partial charge < -0.3 is 24.6 Å². The first-order valence-corrected chi connectivity index (χ1v) is 14.6. The van der Waals surface area contributed by atoms with Gasteiger partial charge in [0.15, 0.2) is 5.69 Å². The molecule has 0 saturated carbocycles. The van der Waals surface area contributed by atoms with Crippen LogP contribution in [0.4, 0.5) is 13.2 Å². The summed E-state index contributed by atoms with van der Waals surface area (Å²) in [5.74, 6) is -0.428. The van der Waals surface area contributed by atoms with Crippen LogP contribution in [0.3, 0.4) is 0 Å². The van der Waals surface area contributed by atoms with Gasteiger partial charge in [-0.2, -0.15) is 13.2 Å². The Hall–Kier alpha value is -3.03. The monoisotopic (exact) mass is 594 g/mol. The Bertz CT molecular complexity index is 1200. The molecule has 0 unspecified atom stereocenters. The predicted molar refractivity (Wildman–Crippen MR) is 149 cm³/mol. The number of halogens is 3. The highest BCUT2D eigenvalue weighted by atomic mass is 19.4. The molecule has 2 aromatic rings. The number of methoxy groups -OCH3 is 1. The van der Waals surface area contributed by atoms with Gasteiger partial charge in [0.2, 0.25) is 5.91 Å². The summed E-state index contributed by atoms with van der Waals surface area (Å²) in [6.07, 6.45) is -2.31. The van der Waals surface area contributed by atoms with Crippen LogP contribution >= 0.6 is 0 Å². The first kappa shape index (κ1) is 31.9. The number of morpholine rings is 1. The van der Waals surface area contributed by atoms with Gasteiger partial charge in [0.05, 0.1) is 36.1 Å². The second kappa shape index (κ2) is 14.4. The van der Waals surface area contributed by atoms with Crippen LogP contribution in [0.5, 0.6) is 0 Å². The highest BCUT2D eigenvalue weighted by molar-refractivity contribution is 5.94. The van der Waals surface area contributed by atoms with Gasteiger partial charge >= 0.3 is 6.18 Å². The lowest BCUT2D eigenvalue weighted by Gasteiger charge is -2.40. The number of amides is 2. The van der Waals surface area contributed by atoms with Crippen molar-refractivity contribution < 1.29 is 32.2 Å². The number of unbranched alkanes of at least 4 members (excludes halogenated alkanes) is 1. The Morgan fingerprint density at radius 2 is 1.95 bits per heavy atom. The van der Waals surface area contributed by atoms with E-state index in [0.717, 1.165) is 12.1 Å². The number of aromatic nitrogens is 3. The lowest BCUT2D eigenvalue weighted by molar-refractivity contribution is -0.141. The molecular weight excluding hydrogens is 553 g/mol. The average Bonchev–Trinajstić information content (AvgIpc) is 3.41. The lowest BCUT2D eigenvalue weighted by atomic mass is 9.92. The van der Waals surface area contributed by atoms with Crippen LogP contribution in [0.1, 0.15) is 54.9 Å². The van der Waals surface area contributed by atoms with Crippen molar-refractivity contribution in [2.24, 2.45) is 11.8 Å². The first-order chi connectivity index (χ1) is 20.1. The molecule has 0 radical (unpaired) electrons. The van der Waals surface area contributed by atoms with Gasteiger partial charge in [-0.25, -0.2) is 4.68 Å². The van der Waals surface area contributed by atoms with E-state index in [4.69, 9.17) is 9.47 Å². The molecule has 232 valence electrons. The van der Waals surface area contributed by atoms with Gasteiger partial charge in [-0.3, -0.25) is 9.59 Å². The molecule has 2 aliphatic rings. The van der Waals surface area contributed by atoms with Crippen molar-refractivity contribution in [3.8, 4) is 5.69 Å². The third kappa shape index (κ3) is 7.87. The van der Waals surface area contributed by atoms with Crippen molar-refractivity contribution in [2.45, 2.75) is 51.7 Å². The summed E-state index contributed by atoms with van der Waals surface area (Å²) < 4.78 is 52.3. The molecule has 4 rings (SSSR count). The number of carbonyl (C=O) groups excluding carboxylic acids is 2. The van der Waals surface area contributed by atoms with Crippen molar-refractivity contribution in [1.29, 1.82) is 0 Å². The highest BCUT2D eigenvalue weighted by Gasteiger charge is 2.37. The predicted octanol–water partition coefficient (Wildman–Crippen LogP) is 3.19. The summed E-state index contributed by atoms with van der Waals surface area (Å²) in [5.41, 5.74) is -0.0514. The van der Waals surface area contributed by atoms with Crippen LogP contribution in [-0.4, -0.2) is 102 Å². The minimum Gasteiger partial charge on any atom is -0.385 e. The van der Waals surface area contributed by atoms with E-state index in [0.29, 0.717) is 83.9 Å². The minimum atomic E-state index is -4.52. The molecule has 1 aromatic heterocycles. The SMILES string of the molecule is COCCCCc1c(C(=O)N(CC(C)C)[C@@H]2CNC[C@H](C(=O)N3CCOCC3)C2)nnn1-c1cccc(C(F)(F)F)c1. The Balaban J connectivity index is 1.63. The number of piperidine rings is 1. The molecule has 42 heavy (non-hydrogen) atoms. The third-order valence-electron chi connectivity index (χ3n) is 7.66. The van der Waals surface area contributed by atoms with E-state index < -0.39 is 11.7 Å². The van der Waals surface area contributed by atoms with Crippen molar-refractivity contribution >= 4 is 11.8 Å². The van der Waals surface area contributed by atoms with E-state index in [1.165, 1.54) is 16.8 Å². The van der Waals surface area contributed by atoms with Crippen molar-refractivity contribution in [2.75, 3.05) is 59.7 Å². The number of hydrogen-bond donors (Lipinski definition) is 1. The van der Waals surface area contributed by atoms with Crippen molar-refractivity contribution in [3.05, 3.63) is 41.2 Å². The number of alkyl halides is 3. The van der Waals surface area contributed by atoms with Gasteiger partial charge in [-0.1, -0.05) is 25.1 Å². The van der Waals surface area contributed by atoms with Crippen LogP contribution in [0.2, 0.25) is 0 Å². The van der Waals surface area contributed by atoms with Crippen LogP contribution in [0.25, 0.3) is 5.69 Å². The largest absolute Gasteiger partial charge is 0.416 e. The summed E-state index contributed by atoms with van der Waals surface area (Å²) in [5, 5.41) is 11.8. The zero-order chi connectivity index (χ0) is 30.3. The zero-order valence-corrected chi connectivity index (χ0v) is 24.5. The maximum absolute atomic E-state index is 14.2. The molecule has 2 atom stereocenters. The number of nitrogens with one attached hydrogen (secondary N) is 1. The number of carbonyl (C=O) groups is 2. The molecule has 3 heterocycles. The number of nitrogens with zero attached hydrogens (tertiary/aromatic N) is 5. The van der Waals surface area contributed by atoms with Gasteiger partial charge in [0, 0.05) is 52.5 Å². The van der Waals surface area contributed by atoms with Gasteiger partial charge in [0.25, 0.3) is 5.91 Å². The Labute approximate surface area is 244 Å². The van der Waals surface area contributed by atoms with E-state index >= 15 is 0 Å². The Morgan fingerprint density at radius 1 is 1.19 bits per heavy atom. The van der Waals surface area contributed by atoms with E-state index in [2.05, 4.69) is 15.6 Å². The quantitative estimate of drug-likeness (QED) is 0.399. The number of benzene rings is 1. The Kier molecular flexibility index (Phi) is 11.0. The van der Waals surface area contributed by atoms with Crippen molar-refractivity contribution in [3.63, 3.8) is 0 Å².